The van der Waals surface area contributed by atoms with E-state index in [9.17, 15) is 9.59 Å². The Morgan fingerprint density at radius 1 is 1.05 bits per heavy atom. The Morgan fingerprint density at radius 3 is 2.41 bits per heavy atom. The van der Waals surface area contributed by atoms with Crippen LogP contribution >= 0.6 is 0 Å². The van der Waals surface area contributed by atoms with Crippen LogP contribution < -0.4 is 10.2 Å². The minimum Gasteiger partial charge on any atom is -0.495 e. The number of fused-ring (bicyclic) bond motifs is 1. The Kier molecular flexibility index (Phi) is 8.29. The van der Waals surface area contributed by atoms with Crippen molar-refractivity contribution in [3.63, 3.8) is 0 Å². The zero-order chi connectivity index (χ0) is 29.3. The fraction of sp³-hybridized carbons (Fsp3) is 0.500. The number of aromatic nitrogens is 1. The lowest BCUT2D eigenvalue weighted by Crippen LogP contribution is -2.43. The number of carbonyl (C=O) groups is 2. The summed E-state index contributed by atoms with van der Waals surface area (Å²) in [5.41, 5.74) is 7.08. The zero-order valence-electron chi connectivity index (χ0n) is 24.9. The molecule has 9 nitrogen and oxygen atoms in total. The number of benzene rings is 2. The van der Waals surface area contributed by atoms with E-state index in [1.807, 2.05) is 52.0 Å². The molecule has 1 saturated carbocycles. The van der Waals surface area contributed by atoms with Gasteiger partial charge >= 0.3 is 12.1 Å². The Labute approximate surface area is 241 Å². The molecular formula is C32H41N3O6. The second-order valence-corrected chi connectivity index (χ2v) is 12.1. The maximum Gasteiger partial charge on any atom is 0.419 e. The van der Waals surface area contributed by atoms with E-state index >= 15 is 0 Å². The number of aryl methyl sites for hydroxylation is 1. The third-order valence-corrected chi connectivity index (χ3v) is 7.72. The van der Waals surface area contributed by atoms with Crippen LogP contribution in [-0.4, -0.2) is 60.7 Å². The molecule has 0 bridgehead atoms. The van der Waals surface area contributed by atoms with Gasteiger partial charge in [0.05, 0.1) is 37.4 Å². The molecule has 2 fully saturated rings. The molecule has 1 saturated heterocycles. The molecule has 1 N–H and O–H groups in total. The van der Waals surface area contributed by atoms with Gasteiger partial charge in [-0.2, -0.15) is 0 Å². The van der Waals surface area contributed by atoms with Crippen molar-refractivity contribution >= 4 is 28.7 Å². The first kappa shape index (κ1) is 29.0. The lowest BCUT2D eigenvalue weighted by atomic mass is 9.93. The first-order valence-corrected chi connectivity index (χ1v) is 14.3. The third-order valence-electron chi connectivity index (χ3n) is 7.72. The van der Waals surface area contributed by atoms with Crippen molar-refractivity contribution in [3.8, 4) is 5.75 Å². The minimum absolute atomic E-state index is 0.0198. The summed E-state index contributed by atoms with van der Waals surface area (Å²) in [5, 5.41) is 3.07. The largest absolute Gasteiger partial charge is 0.495 e. The summed E-state index contributed by atoms with van der Waals surface area (Å²) in [6.45, 7) is 9.09. The fourth-order valence-corrected chi connectivity index (χ4v) is 5.44. The molecule has 2 heterocycles. The smallest absolute Gasteiger partial charge is 0.419 e. The van der Waals surface area contributed by atoms with Crippen LogP contribution in [0.3, 0.4) is 0 Å². The molecule has 2 atom stereocenters. The predicted molar refractivity (Wildman–Crippen MR) is 157 cm³/mol. The van der Waals surface area contributed by atoms with Gasteiger partial charge in [0.15, 0.2) is 0 Å². The van der Waals surface area contributed by atoms with Crippen LogP contribution in [-0.2, 0) is 14.2 Å². The fourth-order valence-electron chi connectivity index (χ4n) is 5.44. The van der Waals surface area contributed by atoms with E-state index in [2.05, 4.69) is 10.4 Å². The molecule has 2 aromatic carbocycles. The molecule has 41 heavy (non-hydrogen) atoms. The van der Waals surface area contributed by atoms with E-state index in [1.165, 1.54) is 20.0 Å². The molecule has 9 heteroatoms. The zero-order valence-corrected chi connectivity index (χ0v) is 24.9. The Morgan fingerprint density at radius 2 is 1.78 bits per heavy atom. The molecule has 220 valence electrons. The van der Waals surface area contributed by atoms with E-state index in [0.29, 0.717) is 17.2 Å². The van der Waals surface area contributed by atoms with Gasteiger partial charge in [0, 0.05) is 24.7 Å². The molecule has 0 radical (unpaired) electrons. The van der Waals surface area contributed by atoms with Gasteiger partial charge in [-0.25, -0.2) is 14.6 Å². The topological polar surface area (TPSA) is 91.3 Å². The van der Waals surface area contributed by atoms with Gasteiger partial charge in [-0.05, 0) is 94.7 Å². The first-order valence-electron chi connectivity index (χ1n) is 14.3. The van der Waals surface area contributed by atoms with Gasteiger partial charge in [-0.1, -0.05) is 12.1 Å². The van der Waals surface area contributed by atoms with Crippen LogP contribution in [0, 0.1) is 12.8 Å². The van der Waals surface area contributed by atoms with E-state index < -0.39 is 11.7 Å². The normalized spacial score (nSPS) is 19.7. The number of nitrogens with one attached hydrogen (secondary N) is 1. The maximum atomic E-state index is 13.1. The van der Waals surface area contributed by atoms with Crippen molar-refractivity contribution < 1.29 is 28.5 Å². The SMILES string of the molecule is COC(=O)c1ccc([C@@H]2C[C@@H](OCC3CC3)CCN2Nc2c(OC)cc(C)c3c2ccn3C(=O)OC(C)(C)C)cc1. The summed E-state index contributed by atoms with van der Waals surface area (Å²) in [4.78, 5) is 25.1. The van der Waals surface area contributed by atoms with Crippen LogP contribution in [0.1, 0.15) is 74.0 Å². The quantitative estimate of drug-likeness (QED) is 0.311. The molecule has 1 aliphatic carbocycles. The highest BCUT2D eigenvalue weighted by Gasteiger charge is 2.33. The van der Waals surface area contributed by atoms with Crippen molar-refractivity contribution in [3.05, 3.63) is 59.3 Å². The lowest BCUT2D eigenvalue weighted by Gasteiger charge is -2.40. The van der Waals surface area contributed by atoms with E-state index in [4.69, 9.17) is 18.9 Å². The lowest BCUT2D eigenvalue weighted by molar-refractivity contribution is -0.0139. The summed E-state index contributed by atoms with van der Waals surface area (Å²) in [6, 6.07) is 11.4. The molecular weight excluding hydrogens is 522 g/mol. The summed E-state index contributed by atoms with van der Waals surface area (Å²) in [6.07, 6.45) is 5.66. The van der Waals surface area contributed by atoms with Crippen molar-refractivity contribution in [1.82, 2.24) is 9.58 Å². The van der Waals surface area contributed by atoms with Crippen molar-refractivity contribution in [2.75, 3.05) is 32.8 Å². The van der Waals surface area contributed by atoms with Gasteiger partial charge < -0.3 is 24.4 Å². The molecule has 5 rings (SSSR count). The molecule has 3 aromatic rings. The summed E-state index contributed by atoms with van der Waals surface area (Å²) in [5.74, 6) is 1.02. The predicted octanol–water partition coefficient (Wildman–Crippen LogP) is 6.49. The number of esters is 1. The Bertz CT molecular complexity index is 1400. The summed E-state index contributed by atoms with van der Waals surface area (Å²) in [7, 11) is 3.04. The standard InChI is InChI=1S/C32H41N3O6/c1-20-17-27(38-5)28(25-14-15-34(29(20)25)31(37)41-32(2,3)4)33-35-16-13-24(40-19-21-7-8-21)18-26(35)22-9-11-23(12-10-22)30(36)39-6/h9-12,14-15,17,21,24,26,33H,7-8,13,16,18-19H2,1-6H3/t24-,26-/m0/s1. The molecule has 2 aliphatic rings. The number of nitrogens with zero attached hydrogens (tertiary/aromatic N) is 2. The summed E-state index contributed by atoms with van der Waals surface area (Å²) >= 11 is 0. The number of hydrogen-bond donors (Lipinski definition) is 1. The number of anilines is 1. The first-order chi connectivity index (χ1) is 19.6. The van der Waals surface area contributed by atoms with Crippen LogP contribution in [0.15, 0.2) is 42.6 Å². The highest BCUT2D eigenvalue weighted by molar-refractivity contribution is 6.01. The number of hydrogen-bond acceptors (Lipinski definition) is 8. The monoisotopic (exact) mass is 563 g/mol. The highest BCUT2D eigenvalue weighted by Crippen LogP contribution is 2.40. The van der Waals surface area contributed by atoms with Crippen LogP contribution in [0.5, 0.6) is 5.75 Å². The number of ether oxygens (including phenoxy) is 4. The number of rotatable bonds is 8. The highest BCUT2D eigenvalue weighted by atomic mass is 16.6. The average molecular weight is 564 g/mol. The number of carbonyl (C=O) groups excluding carboxylic acids is 2. The van der Waals surface area contributed by atoms with Gasteiger partial charge in [-0.3, -0.25) is 4.57 Å². The summed E-state index contributed by atoms with van der Waals surface area (Å²) < 4.78 is 24.3. The molecule has 0 spiro atoms. The van der Waals surface area contributed by atoms with Crippen molar-refractivity contribution in [1.29, 1.82) is 0 Å². The van der Waals surface area contributed by atoms with E-state index in [-0.39, 0.29) is 18.1 Å². The molecule has 0 amide bonds. The van der Waals surface area contributed by atoms with Crippen LogP contribution in [0.4, 0.5) is 10.5 Å². The van der Waals surface area contributed by atoms with Crippen LogP contribution in [0.25, 0.3) is 10.9 Å². The van der Waals surface area contributed by atoms with E-state index in [0.717, 1.165) is 53.7 Å². The number of hydrazine groups is 1. The van der Waals surface area contributed by atoms with Crippen LogP contribution in [0.2, 0.25) is 0 Å². The second-order valence-electron chi connectivity index (χ2n) is 12.1. The van der Waals surface area contributed by atoms with Gasteiger partial charge in [0.2, 0.25) is 0 Å². The van der Waals surface area contributed by atoms with Crippen molar-refractivity contribution in [2.45, 2.75) is 71.1 Å². The maximum absolute atomic E-state index is 13.1. The van der Waals surface area contributed by atoms with Crippen molar-refractivity contribution in [2.24, 2.45) is 5.92 Å². The molecule has 1 aromatic heterocycles. The van der Waals surface area contributed by atoms with E-state index in [1.54, 1.807) is 30.0 Å². The Hall–Kier alpha value is -3.56. The third kappa shape index (κ3) is 6.52. The van der Waals surface area contributed by atoms with Gasteiger partial charge in [0.1, 0.15) is 17.0 Å². The number of methoxy groups -OCH3 is 2. The Balaban J connectivity index is 1.48. The van der Waals surface area contributed by atoms with Gasteiger partial charge in [0.25, 0.3) is 0 Å². The number of piperidine rings is 1. The minimum atomic E-state index is -0.613. The van der Waals surface area contributed by atoms with Gasteiger partial charge in [-0.15, -0.1) is 0 Å². The average Bonchev–Trinajstić information content (AvgIpc) is 3.67. The second kappa shape index (κ2) is 11.7. The molecule has 1 aliphatic heterocycles. The molecule has 0 unspecified atom stereocenters.